The number of carbonyl (C=O) groups is 2. The van der Waals surface area contributed by atoms with Gasteiger partial charge in [-0.05, 0) is 50.2 Å². The fourth-order valence-corrected chi connectivity index (χ4v) is 3.89. The van der Waals surface area contributed by atoms with Crippen LogP contribution in [-0.4, -0.2) is 55.9 Å². The number of rotatable bonds is 9. The molecule has 0 atom stereocenters. The molecular formula is C27H25Cl2F4N3O4. The number of amides is 2. The molecule has 0 aliphatic carbocycles. The molecule has 0 aliphatic heterocycles. The second kappa shape index (κ2) is 12.4. The number of halogens is 6. The van der Waals surface area contributed by atoms with Crippen molar-refractivity contribution in [2.45, 2.75) is 25.6 Å². The zero-order valence-electron chi connectivity index (χ0n) is 21.8. The van der Waals surface area contributed by atoms with Gasteiger partial charge in [0.15, 0.2) is 18.2 Å². The lowest BCUT2D eigenvalue weighted by atomic mass is 10.0. The van der Waals surface area contributed by atoms with E-state index >= 15 is 0 Å². The number of hydrogen-bond acceptors (Lipinski definition) is 5. The van der Waals surface area contributed by atoms with E-state index in [0.29, 0.717) is 0 Å². The number of nitrogens with zero attached hydrogens (tertiary/aromatic N) is 2. The minimum Gasteiger partial charge on any atom is -0.480 e. The summed E-state index contributed by atoms with van der Waals surface area (Å²) >= 11 is 12.3. The van der Waals surface area contributed by atoms with Crippen molar-refractivity contribution in [3.63, 3.8) is 0 Å². The molecule has 0 bridgehead atoms. The van der Waals surface area contributed by atoms with Crippen LogP contribution in [0.25, 0.3) is 11.1 Å². The Bertz CT molecular complexity index is 1400. The molecule has 0 saturated carbocycles. The van der Waals surface area contributed by atoms with Crippen molar-refractivity contribution in [1.82, 2.24) is 10.3 Å². The van der Waals surface area contributed by atoms with Gasteiger partial charge in [0.1, 0.15) is 5.82 Å². The summed E-state index contributed by atoms with van der Waals surface area (Å²) in [7, 11) is 2.70. The molecule has 2 amide bonds. The number of ether oxygens (including phenoxy) is 2. The van der Waals surface area contributed by atoms with Gasteiger partial charge in [0.05, 0.1) is 16.2 Å². The summed E-state index contributed by atoms with van der Waals surface area (Å²) < 4.78 is 63.8. The van der Waals surface area contributed by atoms with E-state index in [9.17, 15) is 27.2 Å². The Morgan fingerprint density at radius 1 is 1.07 bits per heavy atom. The fourth-order valence-electron chi connectivity index (χ4n) is 3.42. The largest absolute Gasteiger partial charge is 0.480 e. The Morgan fingerprint density at radius 2 is 1.77 bits per heavy atom. The van der Waals surface area contributed by atoms with E-state index in [1.807, 2.05) is 0 Å². The van der Waals surface area contributed by atoms with Crippen LogP contribution in [0.5, 0.6) is 5.75 Å². The predicted octanol–water partition coefficient (Wildman–Crippen LogP) is 6.57. The summed E-state index contributed by atoms with van der Waals surface area (Å²) in [6.45, 7) is 2.09. The molecule has 7 nitrogen and oxygen atoms in total. The highest BCUT2D eigenvalue weighted by Crippen LogP contribution is 2.36. The number of alkyl halides is 3. The second-order valence-electron chi connectivity index (χ2n) is 9.25. The van der Waals surface area contributed by atoms with Crippen molar-refractivity contribution in [2.75, 3.05) is 32.2 Å². The lowest BCUT2D eigenvalue weighted by Crippen LogP contribution is -2.39. The lowest BCUT2D eigenvalue weighted by Gasteiger charge is -2.23. The van der Waals surface area contributed by atoms with Crippen molar-refractivity contribution < 1.29 is 36.6 Å². The number of nitrogens with one attached hydrogen (secondary N) is 1. The zero-order valence-corrected chi connectivity index (χ0v) is 23.3. The van der Waals surface area contributed by atoms with Gasteiger partial charge in [-0.25, -0.2) is 9.37 Å². The molecule has 0 aliphatic rings. The van der Waals surface area contributed by atoms with Gasteiger partial charge in [-0.15, -0.1) is 0 Å². The van der Waals surface area contributed by atoms with Crippen molar-refractivity contribution >= 4 is 40.8 Å². The molecule has 214 valence electrons. The van der Waals surface area contributed by atoms with Gasteiger partial charge >= 0.3 is 6.18 Å². The van der Waals surface area contributed by atoms with Gasteiger partial charge in [0.2, 0.25) is 0 Å². The standard InChI is InChI=1S/C27H25Cl2F4N3O4/c1-26(2,39-4)13-35-24(37)15-8-9-18(28)17(10-15)16-11-21(40-14-27(31,32)33)23(34-12-16)36(3)25(38)22-19(29)6-5-7-20(22)30/h5-12H,13-14H2,1-4H3,(H,35,37). The summed E-state index contributed by atoms with van der Waals surface area (Å²) in [6.07, 6.45) is -3.48. The van der Waals surface area contributed by atoms with Gasteiger partial charge < -0.3 is 14.8 Å². The van der Waals surface area contributed by atoms with Crippen molar-refractivity contribution in [3.05, 3.63) is 75.7 Å². The highest BCUT2D eigenvalue weighted by atomic mass is 35.5. The SMILES string of the molecule is COC(C)(C)CNC(=O)c1ccc(Cl)c(-c2cnc(N(C)C(=O)c3c(F)cccc3Cl)c(OCC(F)(F)F)c2)c1. The van der Waals surface area contributed by atoms with Crippen molar-refractivity contribution in [3.8, 4) is 16.9 Å². The smallest absolute Gasteiger partial charge is 0.422 e. The van der Waals surface area contributed by atoms with Crippen LogP contribution >= 0.6 is 23.2 Å². The third-order valence-corrected chi connectivity index (χ3v) is 6.43. The average molecular weight is 602 g/mol. The van der Waals surface area contributed by atoms with Crippen LogP contribution in [0.1, 0.15) is 34.6 Å². The summed E-state index contributed by atoms with van der Waals surface area (Å²) in [5.41, 5.74) is -0.427. The molecule has 3 rings (SSSR count). The fraction of sp³-hybridized carbons (Fsp3) is 0.296. The van der Waals surface area contributed by atoms with Gasteiger partial charge in [0.25, 0.3) is 11.8 Å². The van der Waals surface area contributed by atoms with Gasteiger partial charge in [0, 0.05) is 48.6 Å². The molecule has 0 spiro atoms. The van der Waals surface area contributed by atoms with Crippen LogP contribution in [0, 0.1) is 5.82 Å². The Labute approximate surface area is 238 Å². The number of anilines is 1. The monoisotopic (exact) mass is 601 g/mol. The van der Waals surface area contributed by atoms with E-state index in [2.05, 4.69) is 10.3 Å². The molecule has 1 N–H and O–H groups in total. The summed E-state index contributed by atoms with van der Waals surface area (Å²) in [5.74, 6) is -3.09. The van der Waals surface area contributed by atoms with Gasteiger partial charge in [-0.2, -0.15) is 13.2 Å². The van der Waals surface area contributed by atoms with Crippen LogP contribution in [0.15, 0.2) is 48.7 Å². The number of methoxy groups -OCH3 is 1. The Balaban J connectivity index is 2.02. The minimum absolute atomic E-state index is 0.174. The molecule has 0 fully saturated rings. The molecule has 1 heterocycles. The number of aromatic nitrogens is 1. The number of benzene rings is 2. The van der Waals surface area contributed by atoms with Gasteiger partial charge in [-0.1, -0.05) is 29.3 Å². The molecule has 13 heteroatoms. The van der Waals surface area contributed by atoms with E-state index < -0.39 is 47.3 Å². The highest BCUT2D eigenvalue weighted by molar-refractivity contribution is 6.34. The quantitative estimate of drug-likeness (QED) is 0.281. The minimum atomic E-state index is -4.71. The average Bonchev–Trinajstić information content (AvgIpc) is 2.89. The van der Waals surface area contributed by atoms with E-state index in [4.69, 9.17) is 32.7 Å². The molecule has 2 aromatic carbocycles. The summed E-state index contributed by atoms with van der Waals surface area (Å²) in [5, 5.41) is 2.72. The molecular weight excluding hydrogens is 577 g/mol. The first-order chi connectivity index (χ1) is 18.6. The Morgan fingerprint density at radius 3 is 2.40 bits per heavy atom. The maximum atomic E-state index is 14.4. The van der Waals surface area contributed by atoms with E-state index in [1.165, 1.54) is 56.8 Å². The third-order valence-electron chi connectivity index (χ3n) is 5.79. The van der Waals surface area contributed by atoms with E-state index in [0.717, 1.165) is 11.0 Å². The van der Waals surface area contributed by atoms with Crippen LogP contribution in [-0.2, 0) is 4.74 Å². The van der Waals surface area contributed by atoms with Crippen molar-refractivity contribution in [2.24, 2.45) is 0 Å². The van der Waals surface area contributed by atoms with Crippen LogP contribution in [0.3, 0.4) is 0 Å². The predicted molar refractivity (Wildman–Crippen MR) is 144 cm³/mol. The number of pyridine rings is 1. The maximum absolute atomic E-state index is 14.4. The number of carbonyl (C=O) groups excluding carboxylic acids is 2. The Kier molecular flexibility index (Phi) is 9.65. The topological polar surface area (TPSA) is 80.8 Å². The molecule has 40 heavy (non-hydrogen) atoms. The molecule has 0 saturated heterocycles. The molecule has 0 unspecified atom stereocenters. The van der Waals surface area contributed by atoms with Gasteiger partial charge in [-0.3, -0.25) is 14.5 Å². The molecule has 0 radical (unpaired) electrons. The second-order valence-corrected chi connectivity index (χ2v) is 10.1. The third kappa shape index (κ3) is 7.61. The maximum Gasteiger partial charge on any atom is 0.422 e. The zero-order chi connectivity index (χ0) is 29.8. The highest BCUT2D eigenvalue weighted by Gasteiger charge is 2.31. The first-order valence-electron chi connectivity index (χ1n) is 11.7. The van der Waals surface area contributed by atoms with Crippen molar-refractivity contribution in [1.29, 1.82) is 0 Å². The molecule has 3 aromatic rings. The Hall–Kier alpha value is -3.41. The summed E-state index contributed by atoms with van der Waals surface area (Å²) in [6, 6.07) is 9.18. The van der Waals surface area contributed by atoms with Crippen LogP contribution < -0.4 is 15.0 Å². The summed E-state index contributed by atoms with van der Waals surface area (Å²) in [4.78, 5) is 30.7. The number of hydrogen-bond donors (Lipinski definition) is 1. The first-order valence-corrected chi connectivity index (χ1v) is 12.4. The lowest BCUT2D eigenvalue weighted by molar-refractivity contribution is -0.153. The molecule has 1 aromatic heterocycles. The first kappa shape index (κ1) is 31.1. The van der Waals surface area contributed by atoms with E-state index in [-0.39, 0.29) is 39.1 Å². The normalized spacial score (nSPS) is 11.8. The van der Waals surface area contributed by atoms with E-state index in [1.54, 1.807) is 13.8 Å². The van der Waals surface area contributed by atoms with Crippen LogP contribution in [0.2, 0.25) is 10.0 Å². The van der Waals surface area contributed by atoms with Crippen LogP contribution in [0.4, 0.5) is 23.4 Å².